The van der Waals surface area contributed by atoms with Crippen molar-refractivity contribution in [2.75, 3.05) is 18.8 Å². The molecule has 25 heavy (non-hydrogen) atoms. The monoisotopic (exact) mass is 355 g/mol. The second-order valence-corrected chi connectivity index (χ2v) is 6.15. The van der Waals surface area contributed by atoms with Crippen LogP contribution in [0.5, 0.6) is 0 Å². The largest absolute Gasteiger partial charge is 0.411 e. The minimum Gasteiger partial charge on any atom is -0.411 e. The number of rotatable bonds is 8. The van der Waals surface area contributed by atoms with Crippen LogP contribution in [0, 0.1) is 29.6 Å². The number of benzene rings is 1. The number of amides is 1. The molecule has 0 fully saturated rings. The lowest BCUT2D eigenvalue weighted by molar-refractivity contribution is -0.128. The van der Waals surface area contributed by atoms with E-state index >= 15 is 0 Å². The fraction of sp³-hybridized carbons (Fsp3) is 0.353. The van der Waals surface area contributed by atoms with Gasteiger partial charge in [-0.1, -0.05) is 29.5 Å². The van der Waals surface area contributed by atoms with Gasteiger partial charge in [0.2, 0.25) is 11.8 Å². The van der Waals surface area contributed by atoms with Crippen LogP contribution >= 0.6 is 11.8 Å². The smallest absolute Gasteiger partial charge is 0.277 e. The summed E-state index contributed by atoms with van der Waals surface area (Å²) in [4.78, 5) is 13.8. The van der Waals surface area contributed by atoms with Crippen molar-refractivity contribution < 1.29 is 9.21 Å². The highest BCUT2D eigenvalue weighted by atomic mass is 32.2. The standard InChI is InChI=1S/C17H17N5O2S/c1-13-5-2-6-14(11-13)16-20-21-17(24-16)25-12-15(23)22(9-3-7-18)10-4-8-19/h2,5-6,11H,3-4,9-10,12H2,1H3. The van der Waals surface area contributed by atoms with Gasteiger partial charge >= 0.3 is 0 Å². The molecule has 2 rings (SSSR count). The van der Waals surface area contributed by atoms with Crippen LogP contribution in [0.1, 0.15) is 18.4 Å². The average molecular weight is 355 g/mol. The Morgan fingerprint density at radius 1 is 1.24 bits per heavy atom. The number of thioether (sulfide) groups is 1. The first kappa shape index (κ1) is 18.5. The van der Waals surface area contributed by atoms with Crippen molar-refractivity contribution in [1.82, 2.24) is 15.1 Å². The van der Waals surface area contributed by atoms with E-state index in [9.17, 15) is 4.79 Å². The Morgan fingerprint density at radius 2 is 1.96 bits per heavy atom. The molecule has 0 aliphatic heterocycles. The molecule has 8 heteroatoms. The summed E-state index contributed by atoms with van der Waals surface area (Å²) in [5.41, 5.74) is 1.92. The molecule has 0 unspecified atom stereocenters. The second kappa shape index (κ2) is 9.45. The van der Waals surface area contributed by atoms with E-state index in [-0.39, 0.29) is 24.5 Å². The van der Waals surface area contributed by atoms with Gasteiger partial charge in [-0.25, -0.2) is 0 Å². The van der Waals surface area contributed by atoms with Crippen LogP contribution < -0.4 is 0 Å². The molecule has 2 aromatic rings. The minimum atomic E-state index is -0.161. The number of hydrogen-bond donors (Lipinski definition) is 0. The first-order valence-electron chi connectivity index (χ1n) is 7.69. The van der Waals surface area contributed by atoms with Crippen LogP contribution in [0.15, 0.2) is 33.9 Å². The van der Waals surface area contributed by atoms with E-state index in [0.29, 0.717) is 24.2 Å². The van der Waals surface area contributed by atoms with Gasteiger partial charge in [-0.05, 0) is 19.1 Å². The van der Waals surface area contributed by atoms with Gasteiger partial charge in [-0.2, -0.15) is 10.5 Å². The fourth-order valence-corrected chi connectivity index (χ4v) is 2.77. The Morgan fingerprint density at radius 3 is 2.60 bits per heavy atom. The summed E-state index contributed by atoms with van der Waals surface area (Å²) in [6.45, 7) is 2.61. The van der Waals surface area contributed by atoms with Crippen LogP contribution in [-0.2, 0) is 4.79 Å². The van der Waals surface area contributed by atoms with Crippen molar-refractivity contribution in [3.63, 3.8) is 0 Å². The number of nitrogens with zero attached hydrogens (tertiary/aromatic N) is 5. The molecule has 1 aromatic heterocycles. The Bertz CT molecular complexity index is 788. The summed E-state index contributed by atoms with van der Waals surface area (Å²) in [5, 5.41) is 25.6. The Hall–Kier alpha value is -2.84. The lowest BCUT2D eigenvalue weighted by Gasteiger charge is -2.19. The maximum atomic E-state index is 12.2. The van der Waals surface area contributed by atoms with Crippen LogP contribution in [0.4, 0.5) is 0 Å². The zero-order chi connectivity index (χ0) is 18.1. The van der Waals surface area contributed by atoms with Crippen molar-refractivity contribution in [2.45, 2.75) is 25.0 Å². The maximum absolute atomic E-state index is 12.2. The number of carbonyl (C=O) groups is 1. The van der Waals surface area contributed by atoms with Gasteiger partial charge < -0.3 is 9.32 Å². The summed E-state index contributed by atoms with van der Waals surface area (Å²) in [7, 11) is 0. The van der Waals surface area contributed by atoms with Gasteiger partial charge in [0, 0.05) is 18.7 Å². The quantitative estimate of drug-likeness (QED) is 0.670. The second-order valence-electron chi connectivity index (χ2n) is 5.23. The third kappa shape index (κ3) is 5.63. The number of nitriles is 2. The molecule has 0 radical (unpaired) electrons. The van der Waals surface area contributed by atoms with Gasteiger partial charge in [-0.15, -0.1) is 10.2 Å². The molecule has 1 amide bonds. The molecule has 7 nitrogen and oxygen atoms in total. The Kier molecular flexibility index (Phi) is 7.00. The van der Waals surface area contributed by atoms with Gasteiger partial charge in [0.15, 0.2) is 0 Å². The fourth-order valence-electron chi connectivity index (χ4n) is 2.11. The molecule has 1 aromatic carbocycles. The van der Waals surface area contributed by atoms with Crippen molar-refractivity contribution in [3.05, 3.63) is 29.8 Å². The Balaban J connectivity index is 1.95. The van der Waals surface area contributed by atoms with E-state index in [0.717, 1.165) is 22.9 Å². The molecule has 128 valence electrons. The van der Waals surface area contributed by atoms with Gasteiger partial charge in [0.25, 0.3) is 5.22 Å². The normalized spacial score (nSPS) is 10.0. The third-order valence-electron chi connectivity index (χ3n) is 3.33. The van der Waals surface area contributed by atoms with Crippen LogP contribution in [0.2, 0.25) is 0 Å². The Labute approximate surface area is 150 Å². The van der Waals surface area contributed by atoms with Crippen molar-refractivity contribution in [3.8, 4) is 23.6 Å². The predicted molar refractivity (Wildman–Crippen MR) is 92.2 cm³/mol. The highest BCUT2D eigenvalue weighted by Crippen LogP contribution is 2.24. The van der Waals surface area contributed by atoms with E-state index in [2.05, 4.69) is 10.2 Å². The summed E-state index contributed by atoms with van der Waals surface area (Å²) in [6, 6.07) is 11.7. The van der Waals surface area contributed by atoms with Gasteiger partial charge in [-0.3, -0.25) is 4.79 Å². The van der Waals surface area contributed by atoms with Gasteiger partial charge in [0.05, 0.1) is 30.7 Å². The van der Waals surface area contributed by atoms with Crippen LogP contribution in [-0.4, -0.2) is 39.8 Å². The molecule has 0 saturated carbocycles. The molecule has 0 bridgehead atoms. The number of hydrogen-bond acceptors (Lipinski definition) is 7. The SMILES string of the molecule is Cc1cccc(-c2nnc(SCC(=O)N(CCC#N)CCC#N)o2)c1. The van der Waals surface area contributed by atoms with Crippen LogP contribution in [0.25, 0.3) is 11.5 Å². The molecule has 1 heterocycles. The summed E-state index contributed by atoms with van der Waals surface area (Å²) < 4.78 is 5.58. The summed E-state index contributed by atoms with van der Waals surface area (Å²) >= 11 is 1.15. The highest BCUT2D eigenvalue weighted by molar-refractivity contribution is 7.99. The number of aromatic nitrogens is 2. The van der Waals surface area contributed by atoms with E-state index < -0.39 is 0 Å². The zero-order valence-corrected chi connectivity index (χ0v) is 14.6. The lowest BCUT2D eigenvalue weighted by atomic mass is 10.1. The molecular weight excluding hydrogens is 338 g/mol. The summed E-state index contributed by atoms with van der Waals surface area (Å²) in [5.74, 6) is 0.363. The predicted octanol–water partition coefficient (Wildman–Crippen LogP) is 2.79. The van der Waals surface area contributed by atoms with Crippen LogP contribution in [0.3, 0.4) is 0 Å². The number of carbonyl (C=O) groups excluding carboxylic acids is 1. The molecule has 0 N–H and O–H groups in total. The topological polar surface area (TPSA) is 107 Å². The maximum Gasteiger partial charge on any atom is 0.277 e. The molecule has 0 aliphatic carbocycles. The number of aryl methyl sites for hydroxylation is 1. The molecule has 0 atom stereocenters. The molecule has 0 aliphatic rings. The minimum absolute atomic E-state index is 0.117. The van der Waals surface area contributed by atoms with Crippen molar-refractivity contribution in [1.29, 1.82) is 10.5 Å². The average Bonchev–Trinajstić information content (AvgIpc) is 3.09. The first-order chi connectivity index (χ1) is 12.1. The molecular formula is C17H17N5O2S. The zero-order valence-electron chi connectivity index (χ0n) is 13.8. The lowest BCUT2D eigenvalue weighted by Crippen LogP contribution is -2.34. The van der Waals surface area contributed by atoms with E-state index in [1.807, 2.05) is 43.3 Å². The first-order valence-corrected chi connectivity index (χ1v) is 8.67. The highest BCUT2D eigenvalue weighted by Gasteiger charge is 2.16. The third-order valence-corrected chi connectivity index (χ3v) is 4.13. The molecule has 0 spiro atoms. The molecule has 0 saturated heterocycles. The van der Waals surface area contributed by atoms with Gasteiger partial charge in [0.1, 0.15) is 0 Å². The summed E-state index contributed by atoms with van der Waals surface area (Å²) in [6.07, 6.45) is 0.472. The van der Waals surface area contributed by atoms with E-state index in [4.69, 9.17) is 14.9 Å². The van der Waals surface area contributed by atoms with Crippen molar-refractivity contribution >= 4 is 17.7 Å². The van der Waals surface area contributed by atoms with E-state index in [1.165, 1.54) is 4.90 Å². The van der Waals surface area contributed by atoms with E-state index in [1.54, 1.807) is 0 Å². The van der Waals surface area contributed by atoms with Crippen molar-refractivity contribution in [2.24, 2.45) is 0 Å².